The van der Waals surface area contributed by atoms with Gasteiger partial charge in [-0.2, -0.15) is 0 Å². The average Bonchev–Trinajstić information content (AvgIpc) is 2.37. The highest BCUT2D eigenvalue weighted by molar-refractivity contribution is 5.87. The van der Waals surface area contributed by atoms with Crippen LogP contribution in [-0.2, 0) is 9.59 Å². The number of hydrogen-bond acceptors (Lipinski definition) is 4. The Kier molecular flexibility index (Phi) is 5.56. The van der Waals surface area contributed by atoms with Gasteiger partial charge in [-0.3, -0.25) is 4.79 Å². The van der Waals surface area contributed by atoms with Crippen molar-refractivity contribution in [2.45, 2.75) is 25.3 Å². The maximum absolute atomic E-state index is 11.9. The van der Waals surface area contributed by atoms with Crippen LogP contribution < -0.4 is 11.1 Å². The Morgan fingerprint density at radius 1 is 1.42 bits per heavy atom. The summed E-state index contributed by atoms with van der Waals surface area (Å²) in [6.45, 7) is 0.879. The molecule has 8 heteroatoms. The first kappa shape index (κ1) is 15.2. The van der Waals surface area contributed by atoms with Gasteiger partial charge in [0.1, 0.15) is 6.04 Å². The first-order chi connectivity index (χ1) is 8.93. The third-order valence-corrected chi connectivity index (χ3v) is 3.07. The molecule has 0 aliphatic carbocycles. The normalized spacial score (nSPS) is 20.7. The van der Waals surface area contributed by atoms with E-state index in [2.05, 4.69) is 5.32 Å². The van der Waals surface area contributed by atoms with Crippen molar-refractivity contribution in [1.29, 1.82) is 0 Å². The largest absolute Gasteiger partial charge is 0.480 e. The summed E-state index contributed by atoms with van der Waals surface area (Å²) in [6, 6.07) is -1.87. The van der Waals surface area contributed by atoms with E-state index in [0.29, 0.717) is 13.1 Å². The molecule has 0 saturated carbocycles. The molecule has 0 aromatic heterocycles. The molecule has 1 fully saturated rings. The maximum atomic E-state index is 11.9. The van der Waals surface area contributed by atoms with Gasteiger partial charge in [0.05, 0.1) is 6.42 Å². The van der Waals surface area contributed by atoms with Crippen LogP contribution in [0.15, 0.2) is 0 Å². The SMILES string of the molecule is NC(=O)C[C@H](NC(=O)N1CCCC(CO)C1)C(=O)O. The molecule has 1 heterocycles. The standard InChI is InChI=1S/C11H19N3O5/c12-9(16)4-8(10(17)18)13-11(19)14-3-1-2-7(5-14)6-15/h7-8,15H,1-6H2,(H2,12,16)(H,13,19)(H,17,18)/t7?,8-/m0/s1. The highest BCUT2D eigenvalue weighted by atomic mass is 16.4. The van der Waals surface area contributed by atoms with Gasteiger partial charge in [-0.25, -0.2) is 9.59 Å². The van der Waals surface area contributed by atoms with Crippen LogP contribution in [0.25, 0.3) is 0 Å². The third kappa shape index (κ3) is 4.74. The Morgan fingerprint density at radius 2 is 2.11 bits per heavy atom. The Hall–Kier alpha value is -1.83. The number of urea groups is 1. The lowest BCUT2D eigenvalue weighted by Gasteiger charge is -2.32. The second-order valence-electron chi connectivity index (χ2n) is 4.65. The number of hydrogen-bond donors (Lipinski definition) is 4. The molecule has 0 aromatic rings. The van der Waals surface area contributed by atoms with Crippen LogP contribution in [0.3, 0.4) is 0 Å². The number of primary amides is 1. The molecular weight excluding hydrogens is 254 g/mol. The molecule has 108 valence electrons. The zero-order chi connectivity index (χ0) is 14.4. The van der Waals surface area contributed by atoms with Crippen molar-refractivity contribution in [2.24, 2.45) is 11.7 Å². The van der Waals surface area contributed by atoms with Gasteiger partial charge in [-0.05, 0) is 18.8 Å². The molecule has 3 amide bonds. The van der Waals surface area contributed by atoms with E-state index in [4.69, 9.17) is 15.9 Å². The maximum Gasteiger partial charge on any atom is 0.326 e. The van der Waals surface area contributed by atoms with Crippen LogP contribution >= 0.6 is 0 Å². The van der Waals surface area contributed by atoms with Crippen molar-refractivity contribution in [3.63, 3.8) is 0 Å². The fourth-order valence-electron chi connectivity index (χ4n) is 2.04. The van der Waals surface area contributed by atoms with E-state index in [1.54, 1.807) is 0 Å². The molecule has 0 spiro atoms. The topological polar surface area (TPSA) is 133 Å². The molecule has 8 nitrogen and oxygen atoms in total. The second-order valence-corrected chi connectivity index (χ2v) is 4.65. The second kappa shape index (κ2) is 6.93. The van der Waals surface area contributed by atoms with Gasteiger partial charge in [0.25, 0.3) is 0 Å². The summed E-state index contributed by atoms with van der Waals surface area (Å²) in [4.78, 5) is 34.9. The molecular formula is C11H19N3O5. The van der Waals surface area contributed by atoms with Gasteiger partial charge in [0, 0.05) is 19.7 Å². The van der Waals surface area contributed by atoms with Crippen LogP contribution in [0.4, 0.5) is 4.79 Å². The first-order valence-corrected chi connectivity index (χ1v) is 6.11. The smallest absolute Gasteiger partial charge is 0.326 e. The molecule has 0 bridgehead atoms. The van der Waals surface area contributed by atoms with E-state index >= 15 is 0 Å². The number of carbonyl (C=O) groups excluding carboxylic acids is 2. The summed E-state index contributed by atoms with van der Waals surface area (Å²) in [6.07, 6.45) is 1.15. The zero-order valence-electron chi connectivity index (χ0n) is 10.5. The van der Waals surface area contributed by atoms with E-state index in [1.165, 1.54) is 4.90 Å². The Balaban J connectivity index is 2.56. The molecule has 1 aliphatic rings. The summed E-state index contributed by atoms with van der Waals surface area (Å²) in [7, 11) is 0. The number of aliphatic hydroxyl groups is 1. The predicted octanol–water partition coefficient (Wildman–Crippen LogP) is -1.27. The number of carbonyl (C=O) groups is 3. The number of nitrogens with two attached hydrogens (primary N) is 1. The fourth-order valence-corrected chi connectivity index (χ4v) is 2.04. The van der Waals surface area contributed by atoms with E-state index < -0.39 is 30.4 Å². The fraction of sp³-hybridized carbons (Fsp3) is 0.727. The number of aliphatic hydroxyl groups excluding tert-OH is 1. The molecule has 1 rings (SSSR count). The van der Waals surface area contributed by atoms with Crippen molar-refractivity contribution >= 4 is 17.9 Å². The number of nitrogens with one attached hydrogen (secondary N) is 1. The third-order valence-electron chi connectivity index (χ3n) is 3.07. The minimum absolute atomic E-state index is 0.00652. The van der Waals surface area contributed by atoms with Gasteiger partial charge in [0.2, 0.25) is 5.91 Å². The number of carboxylic acid groups (broad SMARTS) is 1. The number of rotatable bonds is 5. The quantitative estimate of drug-likeness (QED) is 0.495. The van der Waals surface area contributed by atoms with Crippen molar-refractivity contribution in [3.8, 4) is 0 Å². The molecule has 1 aliphatic heterocycles. The monoisotopic (exact) mass is 273 g/mol. The van der Waals surface area contributed by atoms with E-state index in [-0.39, 0.29) is 12.5 Å². The van der Waals surface area contributed by atoms with Crippen LogP contribution in [0.2, 0.25) is 0 Å². The summed E-state index contributed by atoms with van der Waals surface area (Å²) < 4.78 is 0. The van der Waals surface area contributed by atoms with Crippen molar-refractivity contribution in [1.82, 2.24) is 10.2 Å². The minimum Gasteiger partial charge on any atom is -0.480 e. The average molecular weight is 273 g/mol. The highest BCUT2D eigenvalue weighted by Crippen LogP contribution is 2.15. The lowest BCUT2D eigenvalue weighted by molar-refractivity contribution is -0.141. The first-order valence-electron chi connectivity index (χ1n) is 6.11. The van der Waals surface area contributed by atoms with Crippen molar-refractivity contribution in [3.05, 3.63) is 0 Å². The van der Waals surface area contributed by atoms with Gasteiger partial charge in [-0.1, -0.05) is 0 Å². The predicted molar refractivity (Wildman–Crippen MR) is 65.1 cm³/mol. The highest BCUT2D eigenvalue weighted by Gasteiger charge is 2.27. The molecule has 1 unspecified atom stereocenters. The Morgan fingerprint density at radius 3 is 2.63 bits per heavy atom. The Labute approximate surface area is 110 Å². The molecule has 2 atom stereocenters. The number of amides is 3. The van der Waals surface area contributed by atoms with Crippen LogP contribution in [0, 0.1) is 5.92 Å². The van der Waals surface area contributed by atoms with Gasteiger partial charge >= 0.3 is 12.0 Å². The van der Waals surface area contributed by atoms with E-state index in [0.717, 1.165) is 12.8 Å². The number of piperidine rings is 1. The summed E-state index contributed by atoms with van der Waals surface area (Å²) in [5.74, 6) is -2.08. The van der Waals surface area contributed by atoms with Crippen molar-refractivity contribution in [2.75, 3.05) is 19.7 Å². The Bertz CT molecular complexity index is 360. The zero-order valence-corrected chi connectivity index (χ0v) is 10.5. The number of nitrogens with zero attached hydrogens (tertiary/aromatic N) is 1. The number of carboxylic acids is 1. The summed E-state index contributed by atoms with van der Waals surface area (Å²) >= 11 is 0. The lowest BCUT2D eigenvalue weighted by Crippen LogP contribution is -2.52. The lowest BCUT2D eigenvalue weighted by atomic mass is 9.99. The van der Waals surface area contributed by atoms with Gasteiger partial charge in [0.15, 0.2) is 0 Å². The summed E-state index contributed by atoms with van der Waals surface area (Å²) in [5.41, 5.74) is 4.93. The molecule has 0 radical (unpaired) electrons. The molecule has 0 aromatic carbocycles. The number of likely N-dealkylation sites (tertiary alicyclic amines) is 1. The van der Waals surface area contributed by atoms with Crippen LogP contribution in [0.5, 0.6) is 0 Å². The molecule has 1 saturated heterocycles. The molecule has 19 heavy (non-hydrogen) atoms. The van der Waals surface area contributed by atoms with Gasteiger partial charge in [-0.15, -0.1) is 0 Å². The van der Waals surface area contributed by atoms with E-state index in [1.807, 2.05) is 0 Å². The van der Waals surface area contributed by atoms with Crippen LogP contribution in [0.1, 0.15) is 19.3 Å². The van der Waals surface area contributed by atoms with Crippen LogP contribution in [-0.4, -0.2) is 58.8 Å². The van der Waals surface area contributed by atoms with Gasteiger partial charge < -0.3 is 26.2 Å². The van der Waals surface area contributed by atoms with Crippen molar-refractivity contribution < 1.29 is 24.6 Å². The minimum atomic E-state index is -1.32. The van der Waals surface area contributed by atoms with E-state index in [9.17, 15) is 14.4 Å². The number of aliphatic carboxylic acids is 1. The summed E-state index contributed by atoms with van der Waals surface area (Å²) in [5, 5.41) is 20.2. The molecule has 5 N–H and O–H groups in total.